The molecular weight excluding hydrogens is 949 g/mol. The van der Waals surface area contributed by atoms with Crippen LogP contribution in [0, 0.1) is 0 Å². The molecule has 1 rings (SSSR count). The van der Waals surface area contributed by atoms with Gasteiger partial charge in [0.25, 0.3) is 0 Å². The molecule has 0 spiro atoms. The van der Waals surface area contributed by atoms with E-state index in [1.165, 1.54) is 89.9 Å². The second kappa shape index (κ2) is 50.9. The van der Waals surface area contributed by atoms with E-state index in [2.05, 4.69) is 93.7 Å². The van der Waals surface area contributed by atoms with Crippen LogP contribution in [-0.4, -0.2) is 89.2 Å². The van der Waals surface area contributed by atoms with E-state index < -0.39 is 67.3 Å². The van der Waals surface area contributed by atoms with Gasteiger partial charge in [0.2, 0.25) is 0 Å². The molecule has 6 atom stereocenters. The molecule has 0 bridgehead atoms. The smallest absolute Gasteiger partial charge is 0.335 e. The Bertz CT molecular complexity index is 1580. The Morgan fingerprint density at radius 1 is 0.453 bits per heavy atom. The number of aliphatic carboxylic acids is 1. The third-order valence-corrected chi connectivity index (χ3v) is 13.2. The van der Waals surface area contributed by atoms with Gasteiger partial charge in [-0.1, -0.05) is 196 Å². The molecule has 0 radical (unpaired) electrons. The third kappa shape index (κ3) is 41.0. The van der Waals surface area contributed by atoms with Crippen LogP contribution in [0.15, 0.2) is 72.9 Å². The monoisotopic (exact) mass is 1050 g/mol. The molecule has 6 unspecified atom stereocenters. The first kappa shape index (κ1) is 69.2. The summed E-state index contributed by atoms with van der Waals surface area (Å²) in [6.45, 7) is 5.83. The van der Waals surface area contributed by atoms with E-state index in [4.69, 9.17) is 23.7 Å². The number of hydrogen-bond donors (Lipinski definition) is 3. The lowest BCUT2D eigenvalue weighted by Gasteiger charge is -2.40. The normalized spacial score (nSPS) is 18.7. The predicted octanol–water partition coefficient (Wildman–Crippen LogP) is 15.3. The maximum absolute atomic E-state index is 13.1. The van der Waals surface area contributed by atoms with Gasteiger partial charge in [0, 0.05) is 19.3 Å². The minimum atomic E-state index is -1.92. The topological polar surface area (TPSA) is 175 Å². The number of carbonyl (C=O) groups is 4. The van der Waals surface area contributed by atoms with Crippen molar-refractivity contribution in [3.8, 4) is 0 Å². The first-order chi connectivity index (χ1) is 36.6. The van der Waals surface area contributed by atoms with Crippen molar-refractivity contribution in [2.75, 3.05) is 13.2 Å². The van der Waals surface area contributed by atoms with Gasteiger partial charge in [-0.25, -0.2) is 4.79 Å². The molecular formula is C63H106O12. The number of rotatable bonds is 50. The van der Waals surface area contributed by atoms with Crippen LogP contribution in [-0.2, 0) is 42.9 Å². The van der Waals surface area contributed by atoms with Crippen LogP contribution in [0.2, 0.25) is 0 Å². The molecule has 1 aliphatic rings. The summed E-state index contributed by atoms with van der Waals surface area (Å²) >= 11 is 0. The molecule has 12 heteroatoms. The van der Waals surface area contributed by atoms with Crippen LogP contribution in [0.3, 0.4) is 0 Å². The summed E-state index contributed by atoms with van der Waals surface area (Å²) in [6, 6.07) is 0. The van der Waals surface area contributed by atoms with E-state index in [1.807, 2.05) is 0 Å². The summed E-state index contributed by atoms with van der Waals surface area (Å²) in [6.07, 6.45) is 51.6. The Labute approximate surface area is 455 Å². The molecule has 430 valence electrons. The fourth-order valence-electron chi connectivity index (χ4n) is 8.64. The largest absolute Gasteiger partial charge is 0.479 e. The molecule has 0 aliphatic carbocycles. The number of aliphatic hydroxyl groups excluding tert-OH is 2. The highest BCUT2D eigenvalue weighted by atomic mass is 16.7. The van der Waals surface area contributed by atoms with Crippen molar-refractivity contribution in [1.29, 1.82) is 0 Å². The van der Waals surface area contributed by atoms with Gasteiger partial charge in [-0.3, -0.25) is 14.4 Å². The molecule has 1 fully saturated rings. The number of aliphatic hydroxyl groups is 2. The third-order valence-electron chi connectivity index (χ3n) is 13.2. The number of allylic oxidation sites excluding steroid dienone is 12. The van der Waals surface area contributed by atoms with E-state index in [1.54, 1.807) is 0 Å². The number of hydrogen-bond acceptors (Lipinski definition) is 11. The van der Waals surface area contributed by atoms with E-state index in [-0.39, 0.29) is 25.9 Å². The SMILES string of the molecule is CC/C=C\C/C=C\C/C=C\C/C=C\CCCCC(=O)OC1C(OCC(COC(=O)CCCCCCCCC/C=C\CCCCCCCC)OC(=O)CCCCCCC/C=C\CCCCCC)OC(C(=O)O)C(O)C1O. The van der Waals surface area contributed by atoms with Crippen molar-refractivity contribution in [3.05, 3.63) is 72.9 Å². The highest BCUT2D eigenvalue weighted by Gasteiger charge is 2.50. The fourth-order valence-corrected chi connectivity index (χ4v) is 8.64. The van der Waals surface area contributed by atoms with Gasteiger partial charge in [-0.2, -0.15) is 0 Å². The Hall–Kier alpha value is -3.84. The van der Waals surface area contributed by atoms with Crippen LogP contribution in [0.1, 0.15) is 252 Å². The average molecular weight is 1060 g/mol. The average Bonchev–Trinajstić information content (AvgIpc) is 3.39. The number of esters is 3. The predicted molar refractivity (Wildman–Crippen MR) is 303 cm³/mol. The molecule has 1 saturated heterocycles. The van der Waals surface area contributed by atoms with Gasteiger partial charge in [-0.15, -0.1) is 0 Å². The first-order valence-electron chi connectivity index (χ1n) is 29.9. The fraction of sp³-hybridized carbons (Fsp3) is 0.746. The van der Waals surface area contributed by atoms with Crippen molar-refractivity contribution in [2.24, 2.45) is 0 Å². The van der Waals surface area contributed by atoms with Crippen molar-refractivity contribution in [1.82, 2.24) is 0 Å². The van der Waals surface area contributed by atoms with Crippen LogP contribution < -0.4 is 0 Å². The Morgan fingerprint density at radius 2 is 0.840 bits per heavy atom. The van der Waals surface area contributed by atoms with Gasteiger partial charge >= 0.3 is 23.9 Å². The van der Waals surface area contributed by atoms with E-state index in [0.29, 0.717) is 25.7 Å². The van der Waals surface area contributed by atoms with E-state index in [9.17, 15) is 34.5 Å². The lowest BCUT2D eigenvalue weighted by Crippen LogP contribution is -2.61. The zero-order valence-corrected chi connectivity index (χ0v) is 47.3. The van der Waals surface area contributed by atoms with Crippen LogP contribution in [0.25, 0.3) is 0 Å². The zero-order chi connectivity index (χ0) is 54.7. The maximum atomic E-state index is 13.1. The van der Waals surface area contributed by atoms with Gasteiger partial charge in [-0.05, 0) is 109 Å². The summed E-state index contributed by atoms with van der Waals surface area (Å²) in [4.78, 5) is 51.1. The number of carboxylic acids is 1. The summed E-state index contributed by atoms with van der Waals surface area (Å²) in [7, 11) is 0. The number of unbranched alkanes of at least 4 members (excludes halogenated alkanes) is 24. The van der Waals surface area contributed by atoms with Crippen molar-refractivity contribution < 1.29 is 58.2 Å². The number of carboxylic acid groups (broad SMARTS) is 1. The van der Waals surface area contributed by atoms with Gasteiger partial charge < -0.3 is 39.0 Å². The molecule has 0 aromatic rings. The van der Waals surface area contributed by atoms with Crippen molar-refractivity contribution >= 4 is 23.9 Å². The number of carbonyl (C=O) groups excluding carboxylic acids is 3. The highest BCUT2D eigenvalue weighted by Crippen LogP contribution is 2.26. The van der Waals surface area contributed by atoms with Crippen LogP contribution in [0.5, 0.6) is 0 Å². The summed E-state index contributed by atoms with van der Waals surface area (Å²) in [5.74, 6) is -3.19. The quantitative estimate of drug-likeness (QED) is 0.0228. The standard InChI is InChI=1S/C63H106O12/c1-4-7-10-13-16-19-22-25-27-28-30-32-34-37-40-43-46-49-55(64)71-52-54(73-56(65)50-47-44-41-38-35-31-24-21-18-15-12-9-6-3)53-72-63-61(59(68)58(67)60(75-63)62(69)70)74-57(66)51-48-45-42-39-36-33-29-26-23-20-17-14-11-8-5-2/h8,11,17,20-21,24-27,29,36,39,54,58-61,63,67-68H,4-7,9-10,12-16,18-19,22-23,28,30-35,37-38,40-53H2,1-3H3,(H,69,70)/b11-8-,20-17-,24-21-,27-25-,29-26-,39-36-. The van der Waals surface area contributed by atoms with Crippen molar-refractivity contribution in [2.45, 2.75) is 289 Å². The molecule has 0 aromatic carbocycles. The molecule has 3 N–H and O–H groups in total. The van der Waals surface area contributed by atoms with Crippen LogP contribution >= 0.6 is 0 Å². The van der Waals surface area contributed by atoms with E-state index in [0.717, 1.165) is 96.3 Å². The van der Waals surface area contributed by atoms with Gasteiger partial charge in [0.15, 0.2) is 24.6 Å². The van der Waals surface area contributed by atoms with Crippen LogP contribution in [0.4, 0.5) is 0 Å². The second-order valence-electron chi connectivity index (χ2n) is 20.2. The zero-order valence-electron chi connectivity index (χ0n) is 47.3. The van der Waals surface area contributed by atoms with E-state index >= 15 is 0 Å². The molecule has 12 nitrogen and oxygen atoms in total. The van der Waals surface area contributed by atoms with Gasteiger partial charge in [0.1, 0.15) is 18.8 Å². The molecule has 0 amide bonds. The molecule has 0 aromatic heterocycles. The lowest BCUT2D eigenvalue weighted by molar-refractivity contribution is -0.301. The summed E-state index contributed by atoms with van der Waals surface area (Å²) < 4.78 is 28.4. The van der Waals surface area contributed by atoms with Gasteiger partial charge in [0.05, 0.1) is 6.61 Å². The Kier molecular flexibility index (Phi) is 47.0. The first-order valence-corrected chi connectivity index (χ1v) is 29.9. The molecule has 0 saturated carbocycles. The Morgan fingerprint density at radius 3 is 1.33 bits per heavy atom. The minimum absolute atomic E-state index is 0.00556. The highest BCUT2D eigenvalue weighted by molar-refractivity contribution is 5.74. The maximum Gasteiger partial charge on any atom is 0.335 e. The Balaban J connectivity index is 2.71. The number of ether oxygens (including phenoxy) is 5. The summed E-state index contributed by atoms with van der Waals surface area (Å²) in [5, 5.41) is 31.5. The molecule has 75 heavy (non-hydrogen) atoms. The molecule has 1 heterocycles. The lowest BCUT2D eigenvalue weighted by atomic mass is 9.98. The van der Waals surface area contributed by atoms with Crippen molar-refractivity contribution in [3.63, 3.8) is 0 Å². The summed E-state index contributed by atoms with van der Waals surface area (Å²) in [5.41, 5.74) is 0. The minimum Gasteiger partial charge on any atom is -0.479 e. The molecule has 1 aliphatic heterocycles. The second-order valence-corrected chi connectivity index (χ2v) is 20.2.